The number of hydrogen-bond donors (Lipinski definition) is 1. The Morgan fingerprint density at radius 3 is 3.00 bits per heavy atom. The number of aromatic nitrogens is 3. The molecular formula is C18H19N5. The van der Waals surface area contributed by atoms with E-state index < -0.39 is 0 Å². The van der Waals surface area contributed by atoms with Gasteiger partial charge in [-0.2, -0.15) is 0 Å². The Morgan fingerprint density at radius 1 is 1.17 bits per heavy atom. The number of anilines is 1. The second kappa shape index (κ2) is 5.59. The van der Waals surface area contributed by atoms with Crippen LogP contribution in [0.15, 0.2) is 36.7 Å². The monoisotopic (exact) mass is 305 g/mol. The number of aryl methyl sites for hydroxylation is 1. The predicted molar refractivity (Wildman–Crippen MR) is 91.2 cm³/mol. The summed E-state index contributed by atoms with van der Waals surface area (Å²) in [6.45, 7) is 4.44. The molecule has 1 aliphatic rings. The summed E-state index contributed by atoms with van der Waals surface area (Å²) < 4.78 is 0. The van der Waals surface area contributed by atoms with Gasteiger partial charge in [0.25, 0.3) is 0 Å². The van der Waals surface area contributed by atoms with E-state index in [9.17, 15) is 0 Å². The van der Waals surface area contributed by atoms with E-state index in [1.54, 1.807) is 0 Å². The van der Waals surface area contributed by atoms with Crippen LogP contribution in [0.3, 0.4) is 0 Å². The Labute approximate surface area is 135 Å². The molecular weight excluding hydrogens is 286 g/mol. The third kappa shape index (κ3) is 2.53. The van der Waals surface area contributed by atoms with E-state index in [4.69, 9.17) is 0 Å². The van der Waals surface area contributed by atoms with Crippen LogP contribution in [0.25, 0.3) is 10.8 Å². The fourth-order valence-corrected chi connectivity index (χ4v) is 3.24. The van der Waals surface area contributed by atoms with Gasteiger partial charge in [0.15, 0.2) is 0 Å². The Kier molecular flexibility index (Phi) is 3.42. The van der Waals surface area contributed by atoms with Gasteiger partial charge in [-0.05, 0) is 23.9 Å². The van der Waals surface area contributed by atoms with Crippen LogP contribution in [0.1, 0.15) is 22.6 Å². The summed E-state index contributed by atoms with van der Waals surface area (Å²) in [5.74, 6) is 1.86. The lowest BCUT2D eigenvalue weighted by molar-refractivity contribution is 0.755. The van der Waals surface area contributed by atoms with E-state index in [1.807, 2.05) is 19.3 Å². The molecule has 0 bridgehead atoms. The zero-order chi connectivity index (χ0) is 15.8. The van der Waals surface area contributed by atoms with Gasteiger partial charge in [-0.1, -0.05) is 18.2 Å². The van der Waals surface area contributed by atoms with E-state index in [2.05, 4.69) is 56.5 Å². The van der Waals surface area contributed by atoms with Crippen molar-refractivity contribution < 1.29 is 0 Å². The number of nitrogens with one attached hydrogen (secondary N) is 1. The molecule has 0 aliphatic carbocycles. The van der Waals surface area contributed by atoms with Gasteiger partial charge in [0.2, 0.25) is 0 Å². The summed E-state index contributed by atoms with van der Waals surface area (Å²) in [4.78, 5) is 15.7. The molecule has 2 aromatic heterocycles. The van der Waals surface area contributed by atoms with E-state index in [0.29, 0.717) is 0 Å². The van der Waals surface area contributed by atoms with Crippen LogP contribution in [-0.2, 0) is 19.6 Å². The zero-order valence-electron chi connectivity index (χ0n) is 13.4. The van der Waals surface area contributed by atoms with E-state index in [1.165, 1.54) is 21.9 Å². The molecule has 0 saturated carbocycles. The second-order valence-electron chi connectivity index (χ2n) is 5.99. The van der Waals surface area contributed by atoms with E-state index in [0.717, 1.165) is 37.0 Å². The van der Waals surface area contributed by atoms with Crippen LogP contribution in [-0.4, -0.2) is 22.0 Å². The van der Waals surface area contributed by atoms with Gasteiger partial charge in [0.05, 0.1) is 5.69 Å². The molecule has 1 aromatic carbocycles. The number of pyridine rings is 1. The van der Waals surface area contributed by atoms with Crippen LogP contribution >= 0.6 is 0 Å². The molecule has 0 atom stereocenters. The molecule has 0 amide bonds. The minimum Gasteiger partial charge on any atom is -0.355 e. The van der Waals surface area contributed by atoms with Crippen LogP contribution in [0.5, 0.6) is 0 Å². The van der Waals surface area contributed by atoms with Crippen molar-refractivity contribution in [2.45, 2.75) is 26.6 Å². The van der Waals surface area contributed by atoms with Crippen LogP contribution in [0.2, 0.25) is 0 Å². The minimum atomic E-state index is 0.810. The Morgan fingerprint density at radius 2 is 2.09 bits per heavy atom. The second-order valence-corrected chi connectivity index (χ2v) is 5.99. The summed E-state index contributed by atoms with van der Waals surface area (Å²) >= 11 is 0. The molecule has 0 radical (unpaired) electrons. The molecule has 3 aromatic rings. The van der Waals surface area contributed by atoms with E-state index in [-0.39, 0.29) is 0 Å². The normalized spacial score (nSPS) is 13.3. The third-order valence-corrected chi connectivity index (χ3v) is 4.32. The molecule has 1 N–H and O–H groups in total. The van der Waals surface area contributed by atoms with Gasteiger partial charge < -0.3 is 10.2 Å². The van der Waals surface area contributed by atoms with Gasteiger partial charge in [-0.25, -0.2) is 9.97 Å². The number of nitrogens with zero attached hydrogens (tertiary/aromatic N) is 4. The zero-order valence-corrected chi connectivity index (χ0v) is 13.4. The lowest BCUT2D eigenvalue weighted by Gasteiger charge is -2.22. The predicted octanol–water partition coefficient (Wildman–Crippen LogP) is 2.57. The first-order chi connectivity index (χ1) is 11.2. The van der Waals surface area contributed by atoms with Gasteiger partial charge in [0.1, 0.15) is 11.6 Å². The molecule has 5 heteroatoms. The summed E-state index contributed by atoms with van der Waals surface area (Å²) in [6, 6.07) is 8.44. The summed E-state index contributed by atoms with van der Waals surface area (Å²) in [6.07, 6.45) is 3.76. The molecule has 116 valence electrons. The van der Waals surface area contributed by atoms with Crippen molar-refractivity contribution in [3.63, 3.8) is 0 Å². The summed E-state index contributed by atoms with van der Waals surface area (Å²) in [5.41, 5.74) is 3.63. The Balaban J connectivity index is 1.72. The topological polar surface area (TPSA) is 53.9 Å². The van der Waals surface area contributed by atoms with Gasteiger partial charge >= 0.3 is 0 Å². The molecule has 5 nitrogen and oxygen atoms in total. The number of hydrogen-bond acceptors (Lipinski definition) is 5. The van der Waals surface area contributed by atoms with Crippen molar-refractivity contribution in [2.75, 3.05) is 11.9 Å². The molecule has 3 heterocycles. The smallest absolute Gasteiger partial charge is 0.137 e. The van der Waals surface area contributed by atoms with Crippen molar-refractivity contribution in [3.05, 3.63) is 59.3 Å². The number of rotatable bonds is 3. The first-order valence-corrected chi connectivity index (χ1v) is 7.82. The van der Waals surface area contributed by atoms with Crippen LogP contribution in [0, 0.1) is 6.92 Å². The molecule has 0 unspecified atom stereocenters. The largest absolute Gasteiger partial charge is 0.355 e. The first-order valence-electron chi connectivity index (χ1n) is 7.82. The maximum atomic E-state index is 4.68. The molecule has 4 rings (SSSR count). The van der Waals surface area contributed by atoms with Crippen molar-refractivity contribution >= 4 is 16.6 Å². The fourth-order valence-electron chi connectivity index (χ4n) is 3.24. The molecule has 1 aliphatic heterocycles. The maximum Gasteiger partial charge on any atom is 0.137 e. The van der Waals surface area contributed by atoms with Crippen molar-refractivity contribution in [1.29, 1.82) is 0 Å². The van der Waals surface area contributed by atoms with Crippen LogP contribution < -0.4 is 10.2 Å². The van der Waals surface area contributed by atoms with Gasteiger partial charge in [-0.15, -0.1) is 0 Å². The number of fused-ring (bicyclic) bond motifs is 2. The third-order valence-electron chi connectivity index (χ3n) is 4.32. The highest BCUT2D eigenvalue weighted by atomic mass is 15.2. The van der Waals surface area contributed by atoms with Gasteiger partial charge in [0, 0.05) is 50.0 Å². The van der Waals surface area contributed by atoms with Crippen LogP contribution in [0.4, 0.5) is 5.82 Å². The molecule has 0 fully saturated rings. The number of benzene rings is 1. The molecule has 23 heavy (non-hydrogen) atoms. The maximum absolute atomic E-state index is 4.68. The van der Waals surface area contributed by atoms with Crippen molar-refractivity contribution in [3.8, 4) is 0 Å². The first kappa shape index (κ1) is 14.1. The quantitative estimate of drug-likeness (QED) is 0.806. The van der Waals surface area contributed by atoms with Gasteiger partial charge in [-0.3, -0.25) is 4.98 Å². The molecule has 0 spiro atoms. The summed E-state index contributed by atoms with van der Waals surface area (Å²) in [5, 5.41) is 5.78. The lowest BCUT2D eigenvalue weighted by Crippen LogP contribution is -2.21. The summed E-state index contributed by atoms with van der Waals surface area (Å²) in [7, 11) is 2.10. The average molecular weight is 305 g/mol. The standard InChI is InChI=1S/C18H19N5/c1-12-21-17-10-20-9-16(17)18(22-12)23(2)11-14-5-3-4-13-8-19-7-6-15(13)14/h3-8,20H,9-11H2,1-2H3. The lowest BCUT2D eigenvalue weighted by atomic mass is 10.1. The highest BCUT2D eigenvalue weighted by Gasteiger charge is 2.20. The molecule has 0 saturated heterocycles. The minimum absolute atomic E-state index is 0.810. The highest BCUT2D eigenvalue weighted by molar-refractivity contribution is 5.85. The van der Waals surface area contributed by atoms with Crippen molar-refractivity contribution in [1.82, 2.24) is 20.3 Å². The highest BCUT2D eigenvalue weighted by Crippen LogP contribution is 2.26. The average Bonchev–Trinajstić information content (AvgIpc) is 3.02. The Hall–Kier alpha value is -2.53. The fraction of sp³-hybridized carbons (Fsp3) is 0.278. The van der Waals surface area contributed by atoms with Crippen molar-refractivity contribution in [2.24, 2.45) is 0 Å². The Bertz CT molecular complexity index is 869. The SMILES string of the molecule is Cc1nc2c(c(N(C)Cc3cccc4cnccc34)n1)CNC2. The van der Waals surface area contributed by atoms with E-state index >= 15 is 0 Å².